The third-order valence-electron chi connectivity index (χ3n) is 3.77. The lowest BCUT2D eigenvalue weighted by Crippen LogP contribution is -2.45. The molecule has 0 bridgehead atoms. The van der Waals surface area contributed by atoms with Crippen LogP contribution in [0, 0.1) is 0 Å². The van der Waals surface area contributed by atoms with Gasteiger partial charge in [0.2, 0.25) is 0 Å². The molecule has 2 fully saturated rings. The molecule has 0 amide bonds. The summed E-state index contributed by atoms with van der Waals surface area (Å²) in [5, 5.41) is 4.48. The maximum atomic E-state index is 11.4. The Morgan fingerprint density at radius 3 is 2.72 bits per heavy atom. The van der Waals surface area contributed by atoms with Gasteiger partial charge < -0.3 is 5.32 Å². The number of hydrogen-bond donors (Lipinski definition) is 1. The number of hydrogen-bond acceptors (Lipinski definition) is 4. The van der Waals surface area contributed by atoms with Crippen LogP contribution in [0.4, 0.5) is 0 Å². The van der Waals surface area contributed by atoms with Crippen LogP contribution in [0.15, 0.2) is 4.99 Å². The summed E-state index contributed by atoms with van der Waals surface area (Å²) in [6.45, 7) is 2.07. The lowest BCUT2D eigenvalue weighted by molar-refractivity contribution is 0.303. The van der Waals surface area contributed by atoms with E-state index in [2.05, 4.69) is 10.3 Å². The van der Waals surface area contributed by atoms with E-state index in [0.717, 1.165) is 10.9 Å². The van der Waals surface area contributed by atoms with Crippen LogP contribution in [0.25, 0.3) is 0 Å². The SMILES string of the molecule is CCS(=O)(=O)CCN=C1NC2(CCCCC2)CS1. The van der Waals surface area contributed by atoms with E-state index in [1.807, 2.05) is 0 Å². The highest BCUT2D eigenvalue weighted by Crippen LogP contribution is 2.35. The van der Waals surface area contributed by atoms with Crippen molar-refractivity contribution in [1.82, 2.24) is 5.32 Å². The summed E-state index contributed by atoms with van der Waals surface area (Å²) < 4.78 is 22.7. The fourth-order valence-electron chi connectivity index (χ4n) is 2.52. The van der Waals surface area contributed by atoms with Gasteiger partial charge in [-0.1, -0.05) is 37.9 Å². The molecule has 0 atom stereocenters. The first-order chi connectivity index (χ1) is 8.55. The van der Waals surface area contributed by atoms with Gasteiger partial charge in [-0.15, -0.1) is 0 Å². The van der Waals surface area contributed by atoms with Gasteiger partial charge in [0.05, 0.1) is 12.3 Å². The van der Waals surface area contributed by atoms with E-state index in [4.69, 9.17) is 0 Å². The van der Waals surface area contributed by atoms with E-state index >= 15 is 0 Å². The molecule has 2 aliphatic rings. The van der Waals surface area contributed by atoms with Crippen molar-refractivity contribution in [2.24, 2.45) is 4.99 Å². The lowest BCUT2D eigenvalue weighted by atomic mass is 9.83. The zero-order valence-electron chi connectivity index (χ0n) is 10.9. The summed E-state index contributed by atoms with van der Waals surface area (Å²) in [5.74, 6) is 1.47. The standard InChI is InChI=1S/C12H22N2O2S2/c1-2-18(15,16)9-8-13-11-14-12(10-17-11)6-4-3-5-7-12/h2-10H2,1H3,(H,13,14). The zero-order chi connectivity index (χ0) is 13.1. The van der Waals surface area contributed by atoms with E-state index in [9.17, 15) is 8.42 Å². The minimum Gasteiger partial charge on any atom is -0.359 e. The Morgan fingerprint density at radius 1 is 1.33 bits per heavy atom. The lowest BCUT2D eigenvalue weighted by Gasteiger charge is -2.32. The third-order valence-corrected chi connectivity index (χ3v) is 6.65. The van der Waals surface area contributed by atoms with Crippen molar-refractivity contribution in [3.63, 3.8) is 0 Å². The molecule has 1 aliphatic carbocycles. The average molecular weight is 290 g/mol. The Labute approximate surface area is 114 Å². The van der Waals surface area contributed by atoms with Crippen LogP contribution in [0.1, 0.15) is 39.0 Å². The molecule has 1 saturated carbocycles. The van der Waals surface area contributed by atoms with Gasteiger partial charge in [0, 0.05) is 17.0 Å². The van der Waals surface area contributed by atoms with E-state index in [-0.39, 0.29) is 17.0 Å². The first-order valence-corrected chi connectivity index (χ1v) is 9.52. The molecule has 2 rings (SSSR count). The van der Waals surface area contributed by atoms with Crippen LogP contribution < -0.4 is 5.32 Å². The number of thioether (sulfide) groups is 1. The number of nitrogens with zero attached hydrogens (tertiary/aromatic N) is 1. The highest BCUT2D eigenvalue weighted by Gasteiger charge is 2.37. The molecule has 0 aromatic heterocycles. The Kier molecular flexibility index (Phi) is 4.59. The van der Waals surface area contributed by atoms with Gasteiger partial charge in [-0.3, -0.25) is 4.99 Å². The average Bonchev–Trinajstić information content (AvgIpc) is 2.73. The Morgan fingerprint density at radius 2 is 2.06 bits per heavy atom. The third kappa shape index (κ3) is 3.63. The van der Waals surface area contributed by atoms with Crippen LogP contribution in [-0.2, 0) is 9.84 Å². The smallest absolute Gasteiger partial charge is 0.157 e. The maximum Gasteiger partial charge on any atom is 0.157 e. The van der Waals surface area contributed by atoms with Crippen LogP contribution >= 0.6 is 11.8 Å². The number of nitrogens with one attached hydrogen (secondary N) is 1. The van der Waals surface area contributed by atoms with Crippen LogP contribution in [-0.4, -0.2) is 42.9 Å². The fourth-order valence-corrected chi connectivity index (χ4v) is 4.42. The molecule has 0 unspecified atom stereocenters. The molecule has 18 heavy (non-hydrogen) atoms. The van der Waals surface area contributed by atoms with Gasteiger partial charge in [0.15, 0.2) is 15.0 Å². The van der Waals surface area contributed by atoms with Gasteiger partial charge in [-0.05, 0) is 12.8 Å². The second kappa shape index (κ2) is 5.82. The molecule has 0 radical (unpaired) electrons. The summed E-state index contributed by atoms with van der Waals surface area (Å²) in [6, 6.07) is 0. The topological polar surface area (TPSA) is 58.5 Å². The van der Waals surface area contributed by atoms with E-state index < -0.39 is 9.84 Å². The molecule has 0 aromatic rings. The van der Waals surface area contributed by atoms with Crippen LogP contribution in [0.2, 0.25) is 0 Å². The molecule has 1 spiro atoms. The number of amidine groups is 1. The van der Waals surface area contributed by atoms with Crippen molar-refractivity contribution in [3.8, 4) is 0 Å². The van der Waals surface area contributed by atoms with Gasteiger partial charge in [0.25, 0.3) is 0 Å². The predicted molar refractivity (Wildman–Crippen MR) is 78.0 cm³/mol. The van der Waals surface area contributed by atoms with Crippen LogP contribution in [0.3, 0.4) is 0 Å². The van der Waals surface area contributed by atoms with Gasteiger partial charge in [-0.25, -0.2) is 8.42 Å². The molecular weight excluding hydrogens is 268 g/mol. The quantitative estimate of drug-likeness (QED) is 0.858. The summed E-state index contributed by atoms with van der Waals surface area (Å²) in [7, 11) is -2.89. The maximum absolute atomic E-state index is 11.4. The molecular formula is C12H22N2O2S2. The van der Waals surface area contributed by atoms with Gasteiger partial charge in [0.1, 0.15) is 0 Å². The predicted octanol–water partition coefficient (Wildman–Crippen LogP) is 1.82. The summed E-state index contributed by atoms with van der Waals surface area (Å²) in [5.41, 5.74) is 0.255. The fraction of sp³-hybridized carbons (Fsp3) is 0.917. The first kappa shape index (κ1) is 14.2. The molecule has 104 valence electrons. The number of aliphatic imine (C=N–C) groups is 1. The van der Waals surface area contributed by atoms with Crippen molar-refractivity contribution >= 4 is 26.8 Å². The van der Waals surface area contributed by atoms with E-state index in [0.29, 0.717) is 6.54 Å². The summed E-state index contributed by atoms with van der Waals surface area (Å²) in [6.07, 6.45) is 6.39. The van der Waals surface area contributed by atoms with Crippen molar-refractivity contribution in [1.29, 1.82) is 0 Å². The summed E-state index contributed by atoms with van der Waals surface area (Å²) >= 11 is 1.75. The van der Waals surface area contributed by atoms with Crippen LogP contribution in [0.5, 0.6) is 0 Å². The van der Waals surface area contributed by atoms with E-state index in [1.165, 1.54) is 32.1 Å². The zero-order valence-corrected chi connectivity index (χ0v) is 12.6. The highest BCUT2D eigenvalue weighted by atomic mass is 32.2. The van der Waals surface area contributed by atoms with Gasteiger partial charge >= 0.3 is 0 Å². The van der Waals surface area contributed by atoms with Crippen molar-refractivity contribution in [2.75, 3.05) is 23.8 Å². The molecule has 1 saturated heterocycles. The highest BCUT2D eigenvalue weighted by molar-refractivity contribution is 8.14. The Hall–Kier alpha value is -0.230. The minimum absolute atomic E-state index is 0.169. The van der Waals surface area contributed by atoms with Crippen molar-refractivity contribution < 1.29 is 8.42 Å². The molecule has 6 heteroatoms. The first-order valence-electron chi connectivity index (χ1n) is 6.71. The Bertz CT molecular complexity index is 412. The largest absolute Gasteiger partial charge is 0.359 e. The second-order valence-corrected chi connectivity index (χ2v) is 8.61. The monoisotopic (exact) mass is 290 g/mol. The Balaban J connectivity index is 1.85. The molecule has 1 N–H and O–H groups in total. The summed E-state index contributed by atoms with van der Waals surface area (Å²) in [4.78, 5) is 4.40. The molecule has 0 aromatic carbocycles. The number of sulfone groups is 1. The van der Waals surface area contributed by atoms with Crippen molar-refractivity contribution in [3.05, 3.63) is 0 Å². The minimum atomic E-state index is -2.89. The molecule has 1 aliphatic heterocycles. The number of rotatable bonds is 4. The molecule has 4 nitrogen and oxygen atoms in total. The van der Waals surface area contributed by atoms with Crippen molar-refractivity contribution in [2.45, 2.75) is 44.6 Å². The normalized spacial score (nSPS) is 25.5. The van der Waals surface area contributed by atoms with E-state index in [1.54, 1.807) is 18.7 Å². The molecule has 1 heterocycles. The second-order valence-electron chi connectivity index (χ2n) is 5.18. The van der Waals surface area contributed by atoms with Gasteiger partial charge in [-0.2, -0.15) is 0 Å².